The number of nitrogens with one attached hydrogen (secondary N) is 1. The Balaban J connectivity index is 1.64. The molecule has 3 aromatic rings. The van der Waals surface area contributed by atoms with E-state index in [-0.39, 0.29) is 11.8 Å². The molecule has 1 atom stereocenters. The zero-order chi connectivity index (χ0) is 18.8. The van der Waals surface area contributed by atoms with E-state index in [2.05, 4.69) is 15.3 Å². The molecule has 7 nitrogen and oxygen atoms in total. The number of aryl methyl sites for hydroxylation is 1. The Morgan fingerprint density at radius 1 is 1.33 bits per heavy atom. The molecule has 0 fully saturated rings. The SMILES string of the molecule is Cn1cnc2c1C(C(=O)NCc1cccs1)N(C(=O)c1cccnc1)CC2. The molecule has 27 heavy (non-hydrogen) atoms. The van der Waals surface area contributed by atoms with E-state index in [0.717, 1.165) is 16.3 Å². The van der Waals surface area contributed by atoms with E-state index in [0.29, 0.717) is 25.1 Å². The van der Waals surface area contributed by atoms with Gasteiger partial charge in [-0.05, 0) is 23.6 Å². The molecule has 8 heteroatoms. The molecule has 1 unspecified atom stereocenters. The van der Waals surface area contributed by atoms with E-state index in [1.165, 1.54) is 6.20 Å². The monoisotopic (exact) mass is 381 g/mol. The first-order valence-corrected chi connectivity index (χ1v) is 9.54. The Hall–Kier alpha value is -3.00. The number of aromatic nitrogens is 3. The summed E-state index contributed by atoms with van der Waals surface area (Å²) < 4.78 is 1.83. The number of imidazole rings is 1. The molecule has 138 valence electrons. The summed E-state index contributed by atoms with van der Waals surface area (Å²) in [5.74, 6) is -0.406. The van der Waals surface area contributed by atoms with Gasteiger partial charge < -0.3 is 14.8 Å². The molecule has 0 bridgehead atoms. The second-order valence-electron chi connectivity index (χ2n) is 6.38. The van der Waals surface area contributed by atoms with Gasteiger partial charge in [0.1, 0.15) is 0 Å². The average molecular weight is 381 g/mol. The van der Waals surface area contributed by atoms with Crippen molar-refractivity contribution < 1.29 is 9.59 Å². The van der Waals surface area contributed by atoms with E-state index >= 15 is 0 Å². The van der Waals surface area contributed by atoms with Gasteiger partial charge in [0, 0.05) is 37.3 Å². The van der Waals surface area contributed by atoms with Crippen molar-refractivity contribution in [3.8, 4) is 0 Å². The maximum absolute atomic E-state index is 13.1. The Morgan fingerprint density at radius 2 is 2.22 bits per heavy atom. The van der Waals surface area contributed by atoms with Gasteiger partial charge in [0.15, 0.2) is 6.04 Å². The first kappa shape index (κ1) is 17.4. The highest BCUT2D eigenvalue weighted by atomic mass is 32.1. The molecular formula is C19H19N5O2S. The lowest BCUT2D eigenvalue weighted by atomic mass is 10.0. The summed E-state index contributed by atoms with van der Waals surface area (Å²) in [5.41, 5.74) is 2.10. The van der Waals surface area contributed by atoms with Crippen LogP contribution in [0.1, 0.15) is 32.7 Å². The smallest absolute Gasteiger partial charge is 0.256 e. The lowest BCUT2D eigenvalue weighted by Gasteiger charge is -2.35. The zero-order valence-corrected chi connectivity index (χ0v) is 15.6. The topological polar surface area (TPSA) is 80.1 Å². The number of fused-ring (bicyclic) bond motifs is 1. The summed E-state index contributed by atoms with van der Waals surface area (Å²) in [5, 5.41) is 4.94. The third-order valence-corrected chi connectivity index (χ3v) is 5.53. The van der Waals surface area contributed by atoms with Gasteiger partial charge in [0.2, 0.25) is 5.91 Å². The standard InChI is InChI=1S/C19H19N5O2S/c1-23-12-22-15-6-8-24(19(26)13-4-2-7-20-10-13)17(16(15)23)18(25)21-11-14-5-3-9-27-14/h2-5,7,9-10,12,17H,6,8,11H2,1H3,(H,21,25). The van der Waals surface area contributed by atoms with Gasteiger partial charge in [-0.15, -0.1) is 11.3 Å². The molecule has 0 spiro atoms. The van der Waals surface area contributed by atoms with Crippen LogP contribution in [0.15, 0.2) is 48.4 Å². The van der Waals surface area contributed by atoms with E-state index in [4.69, 9.17) is 0 Å². The van der Waals surface area contributed by atoms with Gasteiger partial charge in [-0.2, -0.15) is 0 Å². The first-order valence-electron chi connectivity index (χ1n) is 8.66. The van der Waals surface area contributed by atoms with Crippen molar-refractivity contribution in [2.24, 2.45) is 7.05 Å². The third kappa shape index (κ3) is 3.35. The Morgan fingerprint density at radius 3 is 2.96 bits per heavy atom. The van der Waals surface area contributed by atoms with E-state index < -0.39 is 6.04 Å². The lowest BCUT2D eigenvalue weighted by molar-refractivity contribution is -0.126. The summed E-state index contributed by atoms with van der Waals surface area (Å²) in [6.45, 7) is 0.879. The molecule has 1 aliphatic heterocycles. The number of pyridine rings is 1. The van der Waals surface area contributed by atoms with Crippen LogP contribution in [0.5, 0.6) is 0 Å². The molecule has 0 aliphatic carbocycles. The highest BCUT2D eigenvalue weighted by Crippen LogP contribution is 2.30. The summed E-state index contributed by atoms with van der Waals surface area (Å²) >= 11 is 1.58. The van der Waals surface area contributed by atoms with Crippen molar-refractivity contribution in [2.75, 3.05) is 6.54 Å². The van der Waals surface area contributed by atoms with Crippen LogP contribution < -0.4 is 5.32 Å². The number of hydrogen-bond donors (Lipinski definition) is 1. The van der Waals surface area contributed by atoms with Gasteiger partial charge in [-0.1, -0.05) is 6.07 Å². The fourth-order valence-electron chi connectivity index (χ4n) is 3.36. The third-order valence-electron chi connectivity index (χ3n) is 4.66. The molecule has 0 radical (unpaired) electrons. The number of thiophene rings is 1. The van der Waals surface area contributed by atoms with Gasteiger partial charge in [-0.25, -0.2) is 4.98 Å². The average Bonchev–Trinajstić information content (AvgIpc) is 3.35. The van der Waals surface area contributed by atoms with E-state index in [1.54, 1.807) is 40.9 Å². The molecule has 0 saturated carbocycles. The van der Waals surface area contributed by atoms with Crippen LogP contribution in [-0.4, -0.2) is 37.8 Å². The Labute approximate surface area is 160 Å². The minimum Gasteiger partial charge on any atom is -0.349 e. The van der Waals surface area contributed by atoms with Crippen molar-refractivity contribution in [1.82, 2.24) is 24.8 Å². The van der Waals surface area contributed by atoms with Gasteiger partial charge in [-0.3, -0.25) is 14.6 Å². The second-order valence-corrected chi connectivity index (χ2v) is 7.41. The van der Waals surface area contributed by atoms with Crippen molar-refractivity contribution in [3.05, 3.63) is 70.2 Å². The minimum absolute atomic E-state index is 0.203. The van der Waals surface area contributed by atoms with Crippen LogP contribution in [0.3, 0.4) is 0 Å². The van der Waals surface area contributed by atoms with Crippen molar-refractivity contribution in [1.29, 1.82) is 0 Å². The molecular weight excluding hydrogens is 362 g/mol. The van der Waals surface area contributed by atoms with Gasteiger partial charge >= 0.3 is 0 Å². The molecule has 4 rings (SSSR count). The van der Waals surface area contributed by atoms with Gasteiger partial charge in [0.05, 0.1) is 29.8 Å². The number of amides is 2. The van der Waals surface area contributed by atoms with Crippen molar-refractivity contribution in [3.63, 3.8) is 0 Å². The number of rotatable bonds is 4. The zero-order valence-electron chi connectivity index (χ0n) is 14.8. The highest BCUT2D eigenvalue weighted by Gasteiger charge is 2.38. The minimum atomic E-state index is -0.714. The summed E-state index contributed by atoms with van der Waals surface area (Å²) in [4.78, 5) is 37.3. The van der Waals surface area contributed by atoms with Crippen LogP contribution in [0.4, 0.5) is 0 Å². The Bertz CT molecular complexity index is 952. The molecule has 0 aromatic carbocycles. The number of hydrogen-bond acceptors (Lipinski definition) is 5. The molecule has 4 heterocycles. The highest BCUT2D eigenvalue weighted by molar-refractivity contribution is 7.09. The van der Waals surface area contributed by atoms with Gasteiger partial charge in [0.25, 0.3) is 5.91 Å². The molecule has 1 N–H and O–H groups in total. The van der Waals surface area contributed by atoms with Crippen molar-refractivity contribution in [2.45, 2.75) is 19.0 Å². The molecule has 0 saturated heterocycles. The fourth-order valence-corrected chi connectivity index (χ4v) is 4.00. The number of nitrogens with zero attached hydrogens (tertiary/aromatic N) is 4. The van der Waals surface area contributed by atoms with Crippen LogP contribution in [0, 0.1) is 0 Å². The number of carbonyl (C=O) groups is 2. The summed E-state index contributed by atoms with van der Waals surface area (Å²) in [7, 11) is 1.85. The van der Waals surface area contributed by atoms with E-state index in [1.807, 2.05) is 29.1 Å². The van der Waals surface area contributed by atoms with Crippen LogP contribution in [-0.2, 0) is 24.8 Å². The molecule has 1 aliphatic rings. The lowest BCUT2D eigenvalue weighted by Crippen LogP contribution is -2.47. The Kier molecular flexibility index (Phi) is 4.72. The van der Waals surface area contributed by atoms with Crippen molar-refractivity contribution >= 4 is 23.2 Å². The molecule has 3 aromatic heterocycles. The normalized spacial score (nSPS) is 16.0. The van der Waals surface area contributed by atoms with Crippen LogP contribution in [0.25, 0.3) is 0 Å². The maximum atomic E-state index is 13.1. The maximum Gasteiger partial charge on any atom is 0.256 e. The van der Waals surface area contributed by atoms with E-state index in [9.17, 15) is 9.59 Å². The second kappa shape index (κ2) is 7.32. The fraction of sp³-hybridized carbons (Fsp3) is 0.263. The largest absolute Gasteiger partial charge is 0.349 e. The number of carbonyl (C=O) groups excluding carboxylic acids is 2. The quantitative estimate of drug-likeness (QED) is 0.749. The molecule has 2 amide bonds. The summed E-state index contributed by atoms with van der Waals surface area (Å²) in [6.07, 6.45) is 5.47. The predicted molar refractivity (Wildman–Crippen MR) is 101 cm³/mol. The summed E-state index contributed by atoms with van der Waals surface area (Å²) in [6, 6.07) is 6.64. The first-order chi connectivity index (χ1) is 13.1. The van der Waals surface area contributed by atoms with Crippen LogP contribution in [0.2, 0.25) is 0 Å². The van der Waals surface area contributed by atoms with Crippen LogP contribution >= 0.6 is 11.3 Å². The predicted octanol–water partition coefficient (Wildman–Crippen LogP) is 1.93.